The first-order chi connectivity index (χ1) is 8.54. The molecular formula is C14H16O4. The minimum absolute atomic E-state index is 0.111. The van der Waals surface area contributed by atoms with Crippen LogP contribution < -0.4 is 9.47 Å². The summed E-state index contributed by atoms with van der Waals surface area (Å²) in [4.78, 5) is 12.0. The lowest BCUT2D eigenvalue weighted by molar-refractivity contribution is 0.0222. The van der Waals surface area contributed by atoms with Gasteiger partial charge in [-0.3, -0.25) is 4.79 Å². The number of ether oxygens (including phenoxy) is 3. The highest BCUT2D eigenvalue weighted by Gasteiger charge is 2.36. The van der Waals surface area contributed by atoms with Crippen molar-refractivity contribution in [2.45, 2.75) is 6.92 Å². The number of hydrogen-bond acceptors (Lipinski definition) is 4. The number of hydrogen-bond donors (Lipinski definition) is 0. The van der Waals surface area contributed by atoms with E-state index in [-0.39, 0.29) is 19.2 Å². The molecule has 18 heavy (non-hydrogen) atoms. The van der Waals surface area contributed by atoms with E-state index < -0.39 is 5.41 Å². The zero-order valence-corrected chi connectivity index (χ0v) is 10.4. The van der Waals surface area contributed by atoms with Gasteiger partial charge in [0.1, 0.15) is 18.1 Å². The fraction of sp³-hybridized carbons (Fsp3) is 0.357. The van der Waals surface area contributed by atoms with Crippen LogP contribution in [0.5, 0.6) is 11.5 Å². The molecule has 2 radical (unpaired) electrons. The predicted molar refractivity (Wildman–Crippen MR) is 66.5 cm³/mol. The number of carbonyl (C=O) groups is 1. The molecule has 1 aromatic carbocycles. The first-order valence-corrected chi connectivity index (χ1v) is 5.77. The smallest absolute Gasteiger partial charge is 0.189 e. The molecule has 4 heteroatoms. The van der Waals surface area contributed by atoms with Gasteiger partial charge in [-0.05, 0) is 32.9 Å². The predicted octanol–water partition coefficient (Wildman–Crippen LogP) is 2.29. The molecule has 1 heterocycles. The van der Waals surface area contributed by atoms with Crippen LogP contribution in [0.3, 0.4) is 0 Å². The number of rotatable bonds is 4. The Balaban J connectivity index is 2.16. The zero-order chi connectivity index (χ0) is 13.2. The van der Waals surface area contributed by atoms with Gasteiger partial charge in [0, 0.05) is 12.7 Å². The summed E-state index contributed by atoms with van der Waals surface area (Å²) < 4.78 is 15.9. The molecule has 1 aliphatic rings. The van der Waals surface area contributed by atoms with Crippen molar-refractivity contribution >= 4 is 5.78 Å². The third-order valence-electron chi connectivity index (χ3n) is 2.70. The Bertz CT molecular complexity index is 451. The molecule has 96 valence electrons. The Kier molecular flexibility index (Phi) is 3.57. The van der Waals surface area contributed by atoms with Gasteiger partial charge in [0.25, 0.3) is 0 Å². The normalized spacial score (nSPS) is 16.9. The molecular weight excluding hydrogens is 232 g/mol. The molecule has 0 unspecified atom stereocenters. The molecule has 0 bridgehead atoms. The molecule has 0 amide bonds. The van der Waals surface area contributed by atoms with Crippen LogP contribution in [-0.2, 0) is 4.74 Å². The molecule has 0 N–H and O–H groups in total. The van der Waals surface area contributed by atoms with Crippen molar-refractivity contribution in [2.75, 3.05) is 20.0 Å². The molecule has 0 spiro atoms. The first-order valence-electron chi connectivity index (χ1n) is 5.77. The Hall–Kier alpha value is -1.55. The van der Waals surface area contributed by atoms with Crippen molar-refractivity contribution in [3.63, 3.8) is 0 Å². The molecule has 2 rings (SSSR count). The van der Waals surface area contributed by atoms with E-state index in [2.05, 4.69) is 13.8 Å². The summed E-state index contributed by atoms with van der Waals surface area (Å²) in [6.07, 6.45) is 0. The van der Waals surface area contributed by atoms with Crippen LogP contribution in [0.2, 0.25) is 0 Å². The minimum atomic E-state index is -0.958. The number of carbonyl (C=O) groups excluding carboxylic acids is 1. The average Bonchev–Trinajstić information content (AvgIpc) is 2.35. The van der Waals surface area contributed by atoms with E-state index in [9.17, 15) is 4.79 Å². The first kappa shape index (κ1) is 12.9. The number of benzene rings is 1. The van der Waals surface area contributed by atoms with Crippen molar-refractivity contribution in [1.82, 2.24) is 0 Å². The molecule has 0 aromatic heterocycles. The zero-order valence-electron chi connectivity index (χ0n) is 10.4. The highest BCUT2D eigenvalue weighted by molar-refractivity contribution is 6.04. The monoisotopic (exact) mass is 248 g/mol. The van der Waals surface area contributed by atoms with Crippen molar-refractivity contribution in [1.29, 1.82) is 0 Å². The quantitative estimate of drug-likeness (QED) is 0.605. The molecule has 0 atom stereocenters. The van der Waals surface area contributed by atoms with E-state index in [1.165, 1.54) is 0 Å². The lowest BCUT2D eigenvalue weighted by Gasteiger charge is -2.29. The summed E-state index contributed by atoms with van der Waals surface area (Å²) in [7, 11) is 0. The second-order valence-corrected chi connectivity index (χ2v) is 4.31. The SMILES string of the molecule is [CH2]C1([CH2])COc2cc(OCOCC)ccc2C1=O. The lowest BCUT2D eigenvalue weighted by atomic mass is 9.83. The van der Waals surface area contributed by atoms with E-state index in [0.29, 0.717) is 23.7 Å². The molecule has 4 nitrogen and oxygen atoms in total. The van der Waals surface area contributed by atoms with Crippen molar-refractivity contribution in [2.24, 2.45) is 5.41 Å². The maximum absolute atomic E-state index is 12.0. The van der Waals surface area contributed by atoms with Gasteiger partial charge in [-0.25, -0.2) is 0 Å². The van der Waals surface area contributed by atoms with E-state index in [1.807, 2.05) is 6.92 Å². The molecule has 0 saturated heterocycles. The average molecular weight is 248 g/mol. The Morgan fingerprint density at radius 3 is 2.94 bits per heavy atom. The standard InChI is InChI=1S/C14H16O4/c1-4-16-9-18-10-5-6-11-12(7-10)17-8-14(2,3)13(11)15/h5-7H,2-4,8-9H2,1H3. The summed E-state index contributed by atoms with van der Waals surface area (Å²) >= 11 is 0. The van der Waals surface area contributed by atoms with Gasteiger partial charge >= 0.3 is 0 Å². The minimum Gasteiger partial charge on any atom is -0.492 e. The second-order valence-electron chi connectivity index (χ2n) is 4.31. The summed E-state index contributed by atoms with van der Waals surface area (Å²) in [5.41, 5.74) is -0.462. The van der Waals surface area contributed by atoms with E-state index in [4.69, 9.17) is 14.2 Å². The Morgan fingerprint density at radius 1 is 1.44 bits per heavy atom. The summed E-state index contributed by atoms with van der Waals surface area (Å²) in [5.74, 6) is 1.01. The van der Waals surface area contributed by atoms with Crippen LogP contribution >= 0.6 is 0 Å². The summed E-state index contributed by atoms with van der Waals surface area (Å²) in [6, 6.07) is 5.06. The van der Waals surface area contributed by atoms with Gasteiger partial charge in [-0.1, -0.05) is 0 Å². The maximum atomic E-state index is 12.0. The van der Waals surface area contributed by atoms with Gasteiger partial charge in [0.2, 0.25) is 0 Å². The van der Waals surface area contributed by atoms with Crippen LogP contribution in [0, 0.1) is 19.3 Å². The van der Waals surface area contributed by atoms with E-state index >= 15 is 0 Å². The van der Waals surface area contributed by atoms with Gasteiger partial charge in [0.05, 0.1) is 11.0 Å². The van der Waals surface area contributed by atoms with Crippen molar-refractivity contribution in [3.8, 4) is 11.5 Å². The highest BCUT2D eigenvalue weighted by Crippen LogP contribution is 2.35. The van der Waals surface area contributed by atoms with Gasteiger partial charge in [-0.2, -0.15) is 0 Å². The van der Waals surface area contributed by atoms with Gasteiger partial charge < -0.3 is 14.2 Å². The number of Topliss-reactive ketones (excluding diaryl/α,β-unsaturated/α-hetero) is 1. The van der Waals surface area contributed by atoms with E-state index in [1.54, 1.807) is 18.2 Å². The summed E-state index contributed by atoms with van der Waals surface area (Å²) in [5, 5.41) is 0. The Morgan fingerprint density at radius 2 is 2.22 bits per heavy atom. The maximum Gasteiger partial charge on any atom is 0.189 e. The van der Waals surface area contributed by atoms with Crippen LogP contribution in [0.25, 0.3) is 0 Å². The molecule has 0 fully saturated rings. The number of fused-ring (bicyclic) bond motifs is 1. The lowest BCUT2D eigenvalue weighted by Crippen LogP contribution is -2.36. The van der Waals surface area contributed by atoms with Crippen LogP contribution in [0.1, 0.15) is 17.3 Å². The second kappa shape index (κ2) is 4.98. The molecule has 1 aromatic rings. The fourth-order valence-corrected chi connectivity index (χ4v) is 1.66. The van der Waals surface area contributed by atoms with Crippen LogP contribution in [0.15, 0.2) is 18.2 Å². The largest absolute Gasteiger partial charge is 0.492 e. The van der Waals surface area contributed by atoms with Crippen molar-refractivity contribution < 1.29 is 19.0 Å². The van der Waals surface area contributed by atoms with E-state index in [0.717, 1.165) is 0 Å². The van der Waals surface area contributed by atoms with Gasteiger partial charge in [-0.15, -0.1) is 0 Å². The van der Waals surface area contributed by atoms with Crippen LogP contribution in [-0.4, -0.2) is 25.8 Å². The summed E-state index contributed by atoms with van der Waals surface area (Å²) in [6.45, 7) is 10.3. The third-order valence-corrected chi connectivity index (χ3v) is 2.70. The fourth-order valence-electron chi connectivity index (χ4n) is 1.66. The molecule has 0 aliphatic carbocycles. The molecule has 0 saturated carbocycles. The topological polar surface area (TPSA) is 44.8 Å². The third kappa shape index (κ3) is 2.48. The molecule has 1 aliphatic heterocycles. The Labute approximate surface area is 107 Å². The highest BCUT2D eigenvalue weighted by atomic mass is 16.7. The number of ketones is 1. The van der Waals surface area contributed by atoms with Crippen molar-refractivity contribution in [3.05, 3.63) is 37.6 Å². The van der Waals surface area contributed by atoms with Crippen LogP contribution in [0.4, 0.5) is 0 Å². The van der Waals surface area contributed by atoms with Gasteiger partial charge in [0.15, 0.2) is 12.6 Å².